The smallest absolute Gasteiger partial charge is 0.325 e. The largest absolute Gasteiger partial charge is 0.340 e. The third-order valence-corrected chi connectivity index (χ3v) is 6.62. The molecule has 8 nitrogen and oxygen atoms in total. The number of guanidine groups is 1. The molecule has 30 heavy (non-hydrogen) atoms. The topological polar surface area (TPSA) is 71.5 Å². The Bertz CT molecular complexity index is 821. The normalized spacial score (nSPS) is 24.8. The molecule has 0 aliphatic carbocycles. The molecule has 0 saturated carbocycles. The number of carbonyl (C=O) groups is 2. The Morgan fingerprint density at radius 2 is 1.83 bits per heavy atom. The van der Waals surface area contributed by atoms with Gasteiger partial charge in [0.1, 0.15) is 0 Å². The lowest BCUT2D eigenvalue weighted by molar-refractivity contribution is -0.127. The van der Waals surface area contributed by atoms with Gasteiger partial charge in [-0.1, -0.05) is 41.4 Å². The number of imide groups is 1. The first-order valence-corrected chi connectivity index (χ1v) is 11.4. The van der Waals surface area contributed by atoms with Gasteiger partial charge in [-0.3, -0.25) is 15.0 Å². The fourth-order valence-electron chi connectivity index (χ4n) is 4.28. The Hall–Kier alpha value is -2.13. The lowest BCUT2D eigenvalue weighted by atomic mass is 10.1. The van der Waals surface area contributed by atoms with Gasteiger partial charge in [-0.15, -0.1) is 0 Å². The van der Waals surface area contributed by atoms with Crippen molar-refractivity contribution in [2.45, 2.75) is 38.5 Å². The molecular formula is C21H29BrN6O2. The summed E-state index contributed by atoms with van der Waals surface area (Å²) >= 11 is 3.48. The summed E-state index contributed by atoms with van der Waals surface area (Å²) < 4.78 is 1.02. The number of urea groups is 1. The van der Waals surface area contributed by atoms with E-state index in [4.69, 9.17) is 4.99 Å². The van der Waals surface area contributed by atoms with Crippen molar-refractivity contribution in [2.75, 3.05) is 39.8 Å². The number of likely N-dealkylation sites (N-methyl/N-ethyl adjacent to an activating group) is 1. The highest BCUT2D eigenvalue weighted by Gasteiger charge is 2.49. The molecule has 2 atom stereocenters. The molecule has 3 heterocycles. The number of rotatable bonds is 5. The maximum Gasteiger partial charge on any atom is 0.325 e. The van der Waals surface area contributed by atoms with Crippen LogP contribution in [0.15, 0.2) is 33.7 Å². The highest BCUT2D eigenvalue weighted by molar-refractivity contribution is 9.10. The Labute approximate surface area is 186 Å². The van der Waals surface area contributed by atoms with Gasteiger partial charge in [0, 0.05) is 44.2 Å². The van der Waals surface area contributed by atoms with Crippen molar-refractivity contribution < 1.29 is 9.59 Å². The third kappa shape index (κ3) is 4.18. The highest BCUT2D eigenvalue weighted by atomic mass is 79.9. The molecule has 3 aliphatic rings. The Kier molecular flexibility index (Phi) is 6.29. The molecule has 1 N–H and O–H groups in total. The standard InChI is InChI=1S/C21H29BrN6O2/c1-3-4-9-26-10-12-27(13-11-26)20-23-18-17(19(29)24-21(30)25(18)2)28(20)14-15-5-7-16(22)8-6-15/h5-8,17-18H,3-4,9-14H2,1-2H3,(H,24,29,30). The number of nitrogens with zero attached hydrogens (tertiary/aromatic N) is 5. The van der Waals surface area contributed by atoms with Crippen LogP contribution in [0.2, 0.25) is 0 Å². The average Bonchev–Trinajstić information content (AvgIpc) is 3.12. The van der Waals surface area contributed by atoms with Crippen LogP contribution in [-0.4, -0.2) is 89.5 Å². The van der Waals surface area contributed by atoms with E-state index in [9.17, 15) is 9.59 Å². The summed E-state index contributed by atoms with van der Waals surface area (Å²) in [6.07, 6.45) is 1.93. The number of piperazine rings is 1. The summed E-state index contributed by atoms with van der Waals surface area (Å²) in [5.41, 5.74) is 1.10. The number of carbonyl (C=O) groups excluding carboxylic acids is 2. The summed E-state index contributed by atoms with van der Waals surface area (Å²) in [6.45, 7) is 7.64. The van der Waals surface area contributed by atoms with Crippen molar-refractivity contribution in [3.05, 3.63) is 34.3 Å². The van der Waals surface area contributed by atoms with E-state index in [1.165, 1.54) is 17.7 Å². The molecule has 1 aromatic carbocycles. The lowest BCUT2D eigenvalue weighted by Crippen LogP contribution is -2.64. The van der Waals surface area contributed by atoms with Crippen molar-refractivity contribution in [3.63, 3.8) is 0 Å². The number of halogens is 1. The van der Waals surface area contributed by atoms with Gasteiger partial charge in [-0.25, -0.2) is 9.79 Å². The second-order valence-electron chi connectivity index (χ2n) is 8.13. The molecule has 1 aromatic rings. The molecule has 2 saturated heterocycles. The molecule has 0 bridgehead atoms. The van der Waals surface area contributed by atoms with Crippen LogP contribution < -0.4 is 5.32 Å². The van der Waals surface area contributed by atoms with Crippen LogP contribution in [0.1, 0.15) is 25.3 Å². The van der Waals surface area contributed by atoms with E-state index in [0.29, 0.717) is 6.54 Å². The molecule has 162 valence electrons. The van der Waals surface area contributed by atoms with Crippen molar-refractivity contribution in [2.24, 2.45) is 4.99 Å². The van der Waals surface area contributed by atoms with E-state index < -0.39 is 12.2 Å². The van der Waals surface area contributed by atoms with Gasteiger partial charge in [-0.05, 0) is 30.7 Å². The van der Waals surface area contributed by atoms with Crippen LogP contribution in [0.5, 0.6) is 0 Å². The van der Waals surface area contributed by atoms with Crippen LogP contribution in [0, 0.1) is 0 Å². The van der Waals surface area contributed by atoms with Crippen molar-refractivity contribution in [1.29, 1.82) is 0 Å². The predicted octanol–water partition coefficient (Wildman–Crippen LogP) is 1.91. The summed E-state index contributed by atoms with van der Waals surface area (Å²) in [5.74, 6) is 0.542. The Morgan fingerprint density at radius 3 is 2.50 bits per heavy atom. The molecule has 2 fully saturated rings. The second kappa shape index (κ2) is 8.93. The number of hydrogen-bond acceptors (Lipinski definition) is 6. The minimum Gasteiger partial charge on any atom is -0.340 e. The van der Waals surface area contributed by atoms with Gasteiger partial charge >= 0.3 is 6.03 Å². The summed E-state index contributed by atoms with van der Waals surface area (Å²) in [5, 5.41) is 2.48. The van der Waals surface area contributed by atoms with Gasteiger partial charge in [0.15, 0.2) is 18.2 Å². The monoisotopic (exact) mass is 476 g/mol. The van der Waals surface area contributed by atoms with Gasteiger partial charge in [0.05, 0.1) is 0 Å². The molecular weight excluding hydrogens is 448 g/mol. The molecule has 0 radical (unpaired) electrons. The zero-order chi connectivity index (χ0) is 21.3. The number of fused-ring (bicyclic) bond motifs is 1. The predicted molar refractivity (Wildman–Crippen MR) is 119 cm³/mol. The first kappa shape index (κ1) is 21.1. The van der Waals surface area contributed by atoms with Crippen LogP contribution in [0.25, 0.3) is 0 Å². The van der Waals surface area contributed by atoms with Crippen molar-refractivity contribution in [3.8, 4) is 0 Å². The highest BCUT2D eigenvalue weighted by Crippen LogP contribution is 2.28. The SMILES string of the molecule is CCCCN1CCN(C2=NC3C(C(=O)NC(=O)N3C)N2Cc2ccc(Br)cc2)CC1. The Balaban J connectivity index is 1.56. The van der Waals surface area contributed by atoms with E-state index in [-0.39, 0.29) is 11.9 Å². The molecule has 0 spiro atoms. The number of nitrogens with one attached hydrogen (secondary N) is 1. The molecule has 3 aliphatic heterocycles. The molecule has 9 heteroatoms. The third-order valence-electron chi connectivity index (χ3n) is 6.09. The van der Waals surface area contributed by atoms with Crippen LogP contribution in [0.4, 0.5) is 4.79 Å². The second-order valence-corrected chi connectivity index (χ2v) is 9.05. The van der Waals surface area contributed by atoms with Gasteiger partial charge in [0.2, 0.25) is 0 Å². The zero-order valence-corrected chi connectivity index (χ0v) is 19.1. The summed E-state index contributed by atoms with van der Waals surface area (Å²) in [6, 6.07) is 7.20. The van der Waals surface area contributed by atoms with E-state index in [1.54, 1.807) is 7.05 Å². The number of unbranched alkanes of at least 4 members (excludes halogenated alkanes) is 1. The first-order chi connectivity index (χ1) is 14.5. The molecule has 3 amide bonds. The summed E-state index contributed by atoms with van der Waals surface area (Å²) in [4.78, 5) is 38.2. The number of hydrogen-bond donors (Lipinski definition) is 1. The Morgan fingerprint density at radius 1 is 1.13 bits per heavy atom. The number of benzene rings is 1. The maximum atomic E-state index is 12.8. The fraction of sp³-hybridized carbons (Fsp3) is 0.571. The minimum absolute atomic E-state index is 0.277. The zero-order valence-electron chi connectivity index (χ0n) is 17.6. The van der Waals surface area contributed by atoms with Gasteiger partial charge in [0.25, 0.3) is 5.91 Å². The van der Waals surface area contributed by atoms with Crippen molar-refractivity contribution >= 4 is 33.8 Å². The molecule has 0 aromatic heterocycles. The maximum absolute atomic E-state index is 12.8. The van der Waals surface area contributed by atoms with Gasteiger partial charge < -0.3 is 14.7 Å². The average molecular weight is 477 g/mol. The van der Waals surface area contributed by atoms with E-state index in [0.717, 1.165) is 48.7 Å². The van der Waals surface area contributed by atoms with E-state index in [2.05, 4.69) is 42.9 Å². The quantitative estimate of drug-likeness (QED) is 0.702. The minimum atomic E-state index is -0.510. The number of amides is 3. The van der Waals surface area contributed by atoms with E-state index in [1.807, 2.05) is 24.3 Å². The van der Waals surface area contributed by atoms with Crippen LogP contribution in [-0.2, 0) is 11.3 Å². The molecule has 2 unspecified atom stereocenters. The van der Waals surface area contributed by atoms with Crippen LogP contribution in [0.3, 0.4) is 0 Å². The first-order valence-electron chi connectivity index (χ1n) is 10.6. The molecule has 4 rings (SSSR count). The van der Waals surface area contributed by atoms with Gasteiger partial charge in [-0.2, -0.15) is 0 Å². The summed E-state index contributed by atoms with van der Waals surface area (Å²) in [7, 11) is 1.70. The van der Waals surface area contributed by atoms with Crippen LogP contribution >= 0.6 is 15.9 Å². The van der Waals surface area contributed by atoms with Crippen molar-refractivity contribution in [1.82, 2.24) is 24.9 Å². The lowest BCUT2D eigenvalue weighted by Gasteiger charge is -2.40. The van der Waals surface area contributed by atoms with E-state index >= 15 is 0 Å². The number of aliphatic imine (C=N–C) groups is 1. The fourth-order valence-corrected chi connectivity index (χ4v) is 4.55.